The Morgan fingerprint density at radius 1 is 1.26 bits per heavy atom. The van der Waals surface area contributed by atoms with Crippen LogP contribution in [0.25, 0.3) is 6.08 Å². The number of phenolic OH excluding ortho intramolecular Hbond substituents is 1. The van der Waals surface area contributed by atoms with Crippen molar-refractivity contribution in [1.29, 1.82) is 0 Å². The van der Waals surface area contributed by atoms with Gasteiger partial charge >= 0.3 is 0 Å². The van der Waals surface area contributed by atoms with E-state index in [0.717, 1.165) is 44.8 Å². The second-order valence-corrected chi connectivity index (χ2v) is 7.59. The van der Waals surface area contributed by atoms with Crippen molar-refractivity contribution >= 4 is 34.6 Å². The van der Waals surface area contributed by atoms with Gasteiger partial charge in [-0.05, 0) is 60.0 Å². The van der Waals surface area contributed by atoms with Gasteiger partial charge in [-0.1, -0.05) is 32.0 Å². The van der Waals surface area contributed by atoms with E-state index < -0.39 is 0 Å². The van der Waals surface area contributed by atoms with E-state index in [1.807, 2.05) is 57.2 Å². The van der Waals surface area contributed by atoms with Gasteiger partial charge in [0.1, 0.15) is 17.3 Å². The fourth-order valence-corrected chi connectivity index (χ4v) is 3.57. The van der Waals surface area contributed by atoms with Crippen LogP contribution in [0.1, 0.15) is 36.5 Å². The van der Waals surface area contributed by atoms with Crippen LogP contribution >= 0.6 is 11.8 Å². The number of amides is 1. The Morgan fingerprint density at radius 2 is 2.00 bits per heavy atom. The van der Waals surface area contributed by atoms with E-state index in [9.17, 15) is 9.90 Å². The highest BCUT2D eigenvalue weighted by Gasteiger charge is 2.24. The zero-order valence-corrected chi connectivity index (χ0v) is 16.6. The van der Waals surface area contributed by atoms with Gasteiger partial charge in [-0.3, -0.25) is 4.79 Å². The summed E-state index contributed by atoms with van der Waals surface area (Å²) < 4.78 is 5.38. The molecule has 0 atom stereocenters. The number of methoxy groups -OCH3 is 1. The summed E-state index contributed by atoms with van der Waals surface area (Å²) in [4.78, 5) is 17.4. The molecule has 2 N–H and O–H groups in total. The number of aryl methyl sites for hydroxylation is 1. The van der Waals surface area contributed by atoms with Gasteiger partial charge in [0.05, 0.1) is 17.7 Å². The Bertz CT molecular complexity index is 948. The molecule has 1 aliphatic rings. The number of rotatable bonds is 4. The monoisotopic (exact) mass is 382 g/mol. The molecule has 0 unspecified atom stereocenters. The van der Waals surface area contributed by atoms with Crippen LogP contribution in [-0.4, -0.2) is 23.3 Å². The lowest BCUT2D eigenvalue weighted by atomic mass is 9.99. The number of hydrogen-bond acceptors (Lipinski definition) is 5. The smallest absolute Gasteiger partial charge is 0.289 e. The van der Waals surface area contributed by atoms with Gasteiger partial charge in [0.15, 0.2) is 0 Å². The molecule has 5 nitrogen and oxygen atoms in total. The SMILES string of the molecule is COc1ccccc1/C=C1\SC(=O)NC1=Nc1cc(C(C)C)c(O)cc1C. The van der Waals surface area contributed by atoms with Gasteiger partial charge in [-0.25, -0.2) is 4.99 Å². The van der Waals surface area contributed by atoms with E-state index in [0.29, 0.717) is 5.84 Å². The molecular formula is C21H22N2O3S. The lowest BCUT2D eigenvalue weighted by Gasteiger charge is -2.12. The van der Waals surface area contributed by atoms with E-state index in [4.69, 9.17) is 4.74 Å². The van der Waals surface area contributed by atoms with Crippen LogP contribution in [0.5, 0.6) is 11.5 Å². The molecule has 0 radical (unpaired) electrons. The third-order valence-corrected chi connectivity index (χ3v) is 5.10. The van der Waals surface area contributed by atoms with Crippen molar-refractivity contribution in [3.8, 4) is 11.5 Å². The molecule has 0 bridgehead atoms. The van der Waals surface area contributed by atoms with Crippen molar-refractivity contribution in [3.05, 3.63) is 58.0 Å². The van der Waals surface area contributed by atoms with E-state index in [1.54, 1.807) is 13.2 Å². The zero-order chi connectivity index (χ0) is 19.6. The summed E-state index contributed by atoms with van der Waals surface area (Å²) in [5.74, 6) is 1.66. The first kappa shape index (κ1) is 19.0. The molecule has 140 valence electrons. The molecule has 1 heterocycles. The molecule has 27 heavy (non-hydrogen) atoms. The summed E-state index contributed by atoms with van der Waals surface area (Å²) in [7, 11) is 1.62. The minimum atomic E-state index is -0.171. The number of carbonyl (C=O) groups excluding carboxylic acids is 1. The molecule has 1 saturated heterocycles. The molecule has 0 aliphatic carbocycles. The van der Waals surface area contributed by atoms with E-state index in [-0.39, 0.29) is 16.9 Å². The van der Waals surface area contributed by atoms with Crippen molar-refractivity contribution in [2.24, 2.45) is 4.99 Å². The van der Waals surface area contributed by atoms with Crippen LogP contribution in [0, 0.1) is 6.92 Å². The second kappa shape index (κ2) is 7.88. The highest BCUT2D eigenvalue weighted by atomic mass is 32.2. The lowest BCUT2D eigenvalue weighted by molar-refractivity contribution is 0.265. The summed E-state index contributed by atoms with van der Waals surface area (Å²) in [5, 5.41) is 12.8. The Hall–Kier alpha value is -2.73. The Labute approximate surface area is 163 Å². The number of carbonyl (C=O) groups is 1. The van der Waals surface area contributed by atoms with Crippen molar-refractivity contribution in [3.63, 3.8) is 0 Å². The maximum absolute atomic E-state index is 12.0. The predicted molar refractivity (Wildman–Crippen MR) is 111 cm³/mol. The molecule has 3 rings (SSSR count). The highest BCUT2D eigenvalue weighted by Crippen LogP contribution is 2.35. The maximum Gasteiger partial charge on any atom is 0.289 e. The third kappa shape index (κ3) is 4.17. The number of benzene rings is 2. The molecule has 1 fully saturated rings. The van der Waals surface area contributed by atoms with Crippen molar-refractivity contribution in [2.45, 2.75) is 26.7 Å². The fourth-order valence-electron chi connectivity index (χ4n) is 2.84. The summed E-state index contributed by atoms with van der Waals surface area (Å²) >= 11 is 1.10. The van der Waals surface area contributed by atoms with Crippen LogP contribution in [0.2, 0.25) is 0 Å². The van der Waals surface area contributed by atoms with Gasteiger partial charge in [0, 0.05) is 5.56 Å². The highest BCUT2D eigenvalue weighted by molar-refractivity contribution is 8.18. The molecule has 0 spiro atoms. The van der Waals surface area contributed by atoms with Crippen LogP contribution in [0.15, 0.2) is 46.3 Å². The van der Waals surface area contributed by atoms with Crippen LogP contribution < -0.4 is 10.1 Å². The van der Waals surface area contributed by atoms with Crippen LogP contribution in [-0.2, 0) is 0 Å². The number of phenols is 1. The minimum Gasteiger partial charge on any atom is -0.508 e. The van der Waals surface area contributed by atoms with Crippen LogP contribution in [0.3, 0.4) is 0 Å². The molecule has 0 aromatic heterocycles. The molecule has 0 saturated carbocycles. The van der Waals surface area contributed by atoms with Gasteiger partial charge in [0.25, 0.3) is 5.24 Å². The van der Waals surface area contributed by atoms with E-state index in [1.165, 1.54) is 0 Å². The fraction of sp³-hybridized carbons (Fsp3) is 0.238. The summed E-state index contributed by atoms with van der Waals surface area (Å²) in [6.45, 7) is 5.92. The van der Waals surface area contributed by atoms with Crippen LogP contribution in [0.4, 0.5) is 10.5 Å². The Morgan fingerprint density at radius 3 is 2.70 bits per heavy atom. The van der Waals surface area contributed by atoms with E-state index >= 15 is 0 Å². The lowest BCUT2D eigenvalue weighted by Crippen LogP contribution is -2.18. The van der Waals surface area contributed by atoms with Crippen molar-refractivity contribution in [1.82, 2.24) is 5.32 Å². The van der Waals surface area contributed by atoms with Gasteiger partial charge in [0.2, 0.25) is 0 Å². The first-order chi connectivity index (χ1) is 12.9. The standard InChI is InChI=1S/C21H22N2O3S/c1-12(2)15-11-16(13(3)9-17(15)24)22-20-19(27-21(25)23-20)10-14-7-5-6-8-18(14)26-4/h5-12,24H,1-4H3,(H,22,23,25)/b19-10-. The number of hydrogen-bond donors (Lipinski definition) is 2. The normalized spacial score (nSPS) is 17.0. The largest absolute Gasteiger partial charge is 0.508 e. The number of para-hydroxylation sites is 1. The molecule has 6 heteroatoms. The molecule has 2 aromatic rings. The maximum atomic E-state index is 12.0. The van der Waals surface area contributed by atoms with Gasteiger partial charge in [-0.2, -0.15) is 0 Å². The number of amidine groups is 1. The minimum absolute atomic E-state index is 0.167. The first-order valence-electron chi connectivity index (χ1n) is 8.65. The molecule has 1 aliphatic heterocycles. The summed E-state index contributed by atoms with van der Waals surface area (Å²) in [6, 6.07) is 11.2. The zero-order valence-electron chi connectivity index (χ0n) is 15.7. The second-order valence-electron chi connectivity index (χ2n) is 6.58. The average molecular weight is 382 g/mol. The quantitative estimate of drug-likeness (QED) is 0.747. The molecule has 2 aromatic carbocycles. The number of nitrogens with one attached hydrogen (secondary N) is 1. The molecule has 1 amide bonds. The predicted octanol–water partition coefficient (Wildman–Crippen LogP) is 5.36. The van der Waals surface area contributed by atoms with E-state index in [2.05, 4.69) is 10.3 Å². The third-order valence-electron chi connectivity index (χ3n) is 4.28. The summed E-state index contributed by atoms with van der Waals surface area (Å²) in [6.07, 6.45) is 1.89. The summed E-state index contributed by atoms with van der Waals surface area (Å²) in [5.41, 5.74) is 3.26. The topological polar surface area (TPSA) is 70.9 Å². The Kier molecular flexibility index (Phi) is 5.56. The molecular weight excluding hydrogens is 360 g/mol. The number of aromatic hydroxyl groups is 1. The number of ether oxygens (including phenoxy) is 1. The number of thioether (sulfide) groups is 1. The Balaban J connectivity index is 2.06. The van der Waals surface area contributed by atoms with Crippen molar-refractivity contribution < 1.29 is 14.6 Å². The van der Waals surface area contributed by atoms with Gasteiger partial charge in [-0.15, -0.1) is 0 Å². The first-order valence-corrected chi connectivity index (χ1v) is 9.46. The van der Waals surface area contributed by atoms with Gasteiger partial charge < -0.3 is 15.2 Å². The number of aliphatic imine (C=N–C) groups is 1. The average Bonchev–Trinajstić information content (AvgIpc) is 2.96. The number of nitrogens with zero attached hydrogens (tertiary/aromatic N) is 1. The van der Waals surface area contributed by atoms with Crippen molar-refractivity contribution in [2.75, 3.05) is 7.11 Å².